The molecule has 0 radical (unpaired) electrons. The van der Waals surface area contributed by atoms with Gasteiger partial charge in [-0.2, -0.15) is 4.39 Å². The van der Waals surface area contributed by atoms with Crippen LogP contribution < -0.4 is 5.73 Å². The lowest BCUT2D eigenvalue weighted by Gasteiger charge is -1.92. The summed E-state index contributed by atoms with van der Waals surface area (Å²) in [6.07, 6.45) is 1.40. The predicted octanol–water partition coefficient (Wildman–Crippen LogP) is 1.52. The number of nitrogens with two attached hydrogens (primary N) is 1. The SMILES string of the molecule is Cl.Cl.NCc1ccnc(F)c1. The van der Waals surface area contributed by atoms with Crippen LogP contribution in [0.2, 0.25) is 0 Å². The number of halogens is 3. The topological polar surface area (TPSA) is 38.9 Å². The summed E-state index contributed by atoms with van der Waals surface area (Å²) in [5, 5.41) is 0. The Morgan fingerprint density at radius 3 is 2.45 bits per heavy atom. The summed E-state index contributed by atoms with van der Waals surface area (Å²) in [5.41, 5.74) is 5.99. The molecule has 0 unspecified atom stereocenters. The molecule has 0 amide bonds. The molecule has 5 heteroatoms. The van der Waals surface area contributed by atoms with Crippen LogP contribution >= 0.6 is 24.8 Å². The smallest absolute Gasteiger partial charge is 0.213 e. The minimum absolute atomic E-state index is 0. The maximum absolute atomic E-state index is 12.2. The fourth-order valence-corrected chi connectivity index (χ4v) is 0.570. The van der Waals surface area contributed by atoms with Crippen molar-refractivity contribution in [2.45, 2.75) is 6.54 Å². The number of pyridine rings is 1. The molecule has 0 bridgehead atoms. The third kappa shape index (κ3) is 4.14. The summed E-state index contributed by atoms with van der Waals surface area (Å²) in [6.45, 7) is 0.361. The summed E-state index contributed by atoms with van der Waals surface area (Å²) < 4.78 is 12.2. The lowest BCUT2D eigenvalue weighted by molar-refractivity contribution is 0.581. The molecule has 1 heterocycles. The standard InChI is InChI=1S/C6H7FN2.2ClH/c7-6-3-5(4-8)1-2-9-6;;/h1-3H,4,8H2;2*1H. The van der Waals surface area contributed by atoms with Gasteiger partial charge >= 0.3 is 0 Å². The highest BCUT2D eigenvalue weighted by Gasteiger charge is 1.90. The summed E-state index contributed by atoms with van der Waals surface area (Å²) in [6, 6.07) is 3.00. The van der Waals surface area contributed by atoms with E-state index in [1.54, 1.807) is 6.07 Å². The highest BCUT2D eigenvalue weighted by molar-refractivity contribution is 5.85. The van der Waals surface area contributed by atoms with Crippen LogP contribution in [-0.2, 0) is 6.54 Å². The highest BCUT2D eigenvalue weighted by Crippen LogP contribution is 1.97. The van der Waals surface area contributed by atoms with Crippen molar-refractivity contribution < 1.29 is 4.39 Å². The third-order valence-electron chi connectivity index (χ3n) is 1.03. The van der Waals surface area contributed by atoms with Gasteiger partial charge in [0, 0.05) is 12.7 Å². The van der Waals surface area contributed by atoms with E-state index in [-0.39, 0.29) is 24.8 Å². The van der Waals surface area contributed by atoms with Crippen molar-refractivity contribution in [3.8, 4) is 0 Å². The van der Waals surface area contributed by atoms with Gasteiger partial charge in [0.05, 0.1) is 0 Å². The molecule has 0 saturated carbocycles. The van der Waals surface area contributed by atoms with Gasteiger partial charge in [0.1, 0.15) is 0 Å². The first-order valence-electron chi connectivity index (χ1n) is 2.63. The van der Waals surface area contributed by atoms with Crippen molar-refractivity contribution in [1.82, 2.24) is 4.98 Å². The summed E-state index contributed by atoms with van der Waals surface area (Å²) in [5.74, 6) is -0.474. The van der Waals surface area contributed by atoms with E-state index in [0.717, 1.165) is 5.56 Å². The number of nitrogens with zero attached hydrogens (tertiary/aromatic N) is 1. The van der Waals surface area contributed by atoms with E-state index >= 15 is 0 Å². The second-order valence-electron chi connectivity index (χ2n) is 1.69. The third-order valence-corrected chi connectivity index (χ3v) is 1.03. The molecule has 0 saturated heterocycles. The second kappa shape index (κ2) is 6.34. The lowest BCUT2D eigenvalue weighted by Crippen LogP contribution is -1.96. The van der Waals surface area contributed by atoms with E-state index in [4.69, 9.17) is 5.73 Å². The maximum Gasteiger partial charge on any atom is 0.213 e. The minimum Gasteiger partial charge on any atom is -0.326 e. The first-order chi connectivity index (χ1) is 4.33. The molecule has 0 aliphatic carbocycles. The normalized spacial score (nSPS) is 7.82. The number of rotatable bonds is 1. The zero-order valence-corrected chi connectivity index (χ0v) is 7.29. The van der Waals surface area contributed by atoms with Crippen molar-refractivity contribution in [3.63, 3.8) is 0 Å². The average molecular weight is 199 g/mol. The highest BCUT2D eigenvalue weighted by atomic mass is 35.5. The molecule has 0 aliphatic heterocycles. The van der Waals surface area contributed by atoms with Crippen molar-refractivity contribution in [2.24, 2.45) is 5.73 Å². The Morgan fingerprint density at radius 1 is 1.45 bits per heavy atom. The minimum atomic E-state index is -0.474. The Bertz CT molecular complexity index is 208. The summed E-state index contributed by atoms with van der Waals surface area (Å²) >= 11 is 0. The Hall–Kier alpha value is -0.380. The number of hydrogen-bond donors (Lipinski definition) is 1. The number of aromatic nitrogens is 1. The van der Waals surface area contributed by atoms with Crippen LogP contribution in [0.3, 0.4) is 0 Å². The fraction of sp³-hybridized carbons (Fsp3) is 0.167. The van der Waals surface area contributed by atoms with Gasteiger partial charge in [-0.15, -0.1) is 24.8 Å². The second-order valence-corrected chi connectivity index (χ2v) is 1.69. The molecule has 1 rings (SSSR count). The van der Waals surface area contributed by atoms with Gasteiger partial charge in [0.2, 0.25) is 5.95 Å². The Balaban J connectivity index is 0. The zero-order chi connectivity index (χ0) is 6.69. The van der Waals surface area contributed by atoms with Crippen LogP contribution in [0, 0.1) is 5.95 Å². The summed E-state index contributed by atoms with van der Waals surface area (Å²) in [7, 11) is 0. The van der Waals surface area contributed by atoms with E-state index in [2.05, 4.69) is 4.98 Å². The van der Waals surface area contributed by atoms with Gasteiger partial charge in [-0.05, 0) is 17.7 Å². The first-order valence-corrected chi connectivity index (χ1v) is 2.63. The lowest BCUT2D eigenvalue weighted by atomic mass is 10.3. The molecule has 0 atom stereocenters. The quantitative estimate of drug-likeness (QED) is 0.696. The van der Waals surface area contributed by atoms with Crippen molar-refractivity contribution >= 4 is 24.8 Å². The molecule has 2 N–H and O–H groups in total. The average Bonchev–Trinajstić information content (AvgIpc) is 1.88. The largest absolute Gasteiger partial charge is 0.326 e. The molecule has 11 heavy (non-hydrogen) atoms. The molecule has 2 nitrogen and oxygen atoms in total. The molecule has 1 aromatic heterocycles. The molecular weight excluding hydrogens is 190 g/mol. The van der Waals surface area contributed by atoms with Gasteiger partial charge in [-0.25, -0.2) is 4.98 Å². The molecule has 1 aromatic rings. The molecular formula is C6H9Cl2FN2. The predicted molar refractivity (Wildman–Crippen MR) is 46.6 cm³/mol. The molecule has 0 spiro atoms. The van der Waals surface area contributed by atoms with Crippen LogP contribution in [0.5, 0.6) is 0 Å². The Labute approximate surface area is 76.8 Å². The van der Waals surface area contributed by atoms with Gasteiger partial charge in [-0.1, -0.05) is 0 Å². The van der Waals surface area contributed by atoms with Gasteiger partial charge in [0.25, 0.3) is 0 Å². The van der Waals surface area contributed by atoms with E-state index < -0.39 is 5.95 Å². The molecule has 0 aliphatic rings. The van der Waals surface area contributed by atoms with Crippen molar-refractivity contribution in [2.75, 3.05) is 0 Å². The van der Waals surface area contributed by atoms with Crippen molar-refractivity contribution in [1.29, 1.82) is 0 Å². The zero-order valence-electron chi connectivity index (χ0n) is 5.66. The first kappa shape index (κ1) is 13.2. The van der Waals surface area contributed by atoms with E-state index in [0.29, 0.717) is 6.54 Å². The van der Waals surface area contributed by atoms with Crippen LogP contribution in [0.4, 0.5) is 4.39 Å². The van der Waals surface area contributed by atoms with Gasteiger partial charge in [0.15, 0.2) is 0 Å². The van der Waals surface area contributed by atoms with Gasteiger partial charge in [-0.3, -0.25) is 0 Å². The van der Waals surface area contributed by atoms with E-state index in [9.17, 15) is 4.39 Å². The monoisotopic (exact) mass is 198 g/mol. The maximum atomic E-state index is 12.2. The molecule has 0 fully saturated rings. The molecule has 0 aromatic carbocycles. The summed E-state index contributed by atoms with van der Waals surface area (Å²) in [4.78, 5) is 3.37. The Kier molecular flexibility index (Phi) is 7.62. The Morgan fingerprint density at radius 2 is 2.09 bits per heavy atom. The van der Waals surface area contributed by atoms with E-state index in [1.165, 1.54) is 12.3 Å². The van der Waals surface area contributed by atoms with Crippen LogP contribution in [0.15, 0.2) is 18.3 Å². The van der Waals surface area contributed by atoms with Crippen molar-refractivity contribution in [3.05, 3.63) is 29.8 Å². The number of hydrogen-bond acceptors (Lipinski definition) is 2. The van der Waals surface area contributed by atoms with Gasteiger partial charge < -0.3 is 5.73 Å². The van der Waals surface area contributed by atoms with E-state index in [1.807, 2.05) is 0 Å². The molecule has 64 valence electrons. The van der Waals surface area contributed by atoms with Crippen LogP contribution in [0.25, 0.3) is 0 Å². The van der Waals surface area contributed by atoms with Crippen LogP contribution in [0.1, 0.15) is 5.56 Å². The fourth-order valence-electron chi connectivity index (χ4n) is 0.570. The van der Waals surface area contributed by atoms with Crippen LogP contribution in [-0.4, -0.2) is 4.98 Å².